The number of hydrogen-bond donors (Lipinski definition) is 1. The molecule has 0 aromatic carbocycles. The second-order valence-corrected chi connectivity index (χ2v) is 4.11. The van der Waals surface area contributed by atoms with E-state index in [2.05, 4.69) is 11.9 Å². The van der Waals surface area contributed by atoms with Gasteiger partial charge in [-0.15, -0.1) is 0 Å². The molecule has 1 fully saturated rings. The van der Waals surface area contributed by atoms with Gasteiger partial charge >= 0.3 is 0 Å². The molecule has 1 aliphatic heterocycles. The maximum Gasteiger partial charge on any atom is 0.257 e. The highest BCUT2D eigenvalue weighted by Crippen LogP contribution is 2.19. The molecule has 2 N–H and O–H groups in total. The van der Waals surface area contributed by atoms with Gasteiger partial charge in [-0.05, 0) is 18.4 Å². The monoisotopic (exact) mass is 205 g/mol. The van der Waals surface area contributed by atoms with Crippen molar-refractivity contribution in [3.8, 4) is 0 Å². The Kier molecular flexibility index (Phi) is 2.58. The van der Waals surface area contributed by atoms with Gasteiger partial charge in [0.1, 0.15) is 0 Å². The number of nitrogens with zero attached hydrogens (tertiary/aromatic N) is 2. The van der Waals surface area contributed by atoms with Gasteiger partial charge in [0.05, 0.1) is 5.56 Å². The lowest BCUT2D eigenvalue weighted by atomic mass is 10.2. The summed E-state index contributed by atoms with van der Waals surface area (Å²) in [5, 5.41) is 0. The molecule has 0 spiro atoms. The van der Waals surface area contributed by atoms with E-state index in [1.165, 1.54) is 0 Å². The van der Waals surface area contributed by atoms with Gasteiger partial charge in [0.2, 0.25) is 0 Å². The molecule has 1 saturated heterocycles. The molecular weight excluding hydrogens is 190 g/mol. The molecule has 2 rings (SSSR count). The Labute approximate surface area is 89.1 Å². The Morgan fingerprint density at radius 1 is 1.67 bits per heavy atom. The van der Waals surface area contributed by atoms with Crippen LogP contribution in [0.3, 0.4) is 0 Å². The van der Waals surface area contributed by atoms with Crippen molar-refractivity contribution in [3.05, 3.63) is 24.0 Å². The van der Waals surface area contributed by atoms with E-state index in [0.717, 1.165) is 19.5 Å². The third-order valence-electron chi connectivity index (χ3n) is 2.80. The van der Waals surface area contributed by atoms with Crippen molar-refractivity contribution in [3.63, 3.8) is 0 Å². The number of aromatic nitrogens is 1. The Balaban J connectivity index is 2.18. The Bertz CT molecular complexity index is 378. The quantitative estimate of drug-likeness (QED) is 0.748. The summed E-state index contributed by atoms with van der Waals surface area (Å²) in [6.45, 7) is 3.81. The molecule has 1 amide bonds. The predicted molar refractivity (Wildman–Crippen MR) is 58.3 cm³/mol. The molecule has 0 bridgehead atoms. The molecule has 4 heteroatoms. The fourth-order valence-electron chi connectivity index (χ4n) is 1.87. The molecule has 1 aliphatic rings. The minimum Gasteiger partial charge on any atom is -0.398 e. The van der Waals surface area contributed by atoms with Crippen molar-refractivity contribution >= 4 is 11.6 Å². The number of nitrogens with two attached hydrogens (primary N) is 1. The number of likely N-dealkylation sites (tertiary alicyclic amines) is 1. The highest BCUT2D eigenvalue weighted by atomic mass is 16.2. The van der Waals surface area contributed by atoms with Crippen molar-refractivity contribution in [2.75, 3.05) is 18.8 Å². The van der Waals surface area contributed by atoms with Gasteiger partial charge in [0, 0.05) is 31.2 Å². The van der Waals surface area contributed by atoms with Gasteiger partial charge < -0.3 is 10.6 Å². The van der Waals surface area contributed by atoms with Gasteiger partial charge in [0.25, 0.3) is 5.91 Å². The first kappa shape index (κ1) is 9.96. The maximum absolute atomic E-state index is 12.0. The molecule has 1 unspecified atom stereocenters. The standard InChI is InChI=1S/C11H15N3O/c1-8-3-5-14(7-8)11(15)9-6-13-4-2-10(9)12/h2,4,6,8H,3,5,7H2,1H3,(H2,12,13). The number of nitrogen functional groups attached to an aromatic ring is 1. The average molecular weight is 205 g/mol. The zero-order valence-corrected chi connectivity index (χ0v) is 8.81. The summed E-state index contributed by atoms with van der Waals surface area (Å²) in [5.74, 6) is 0.594. The Hall–Kier alpha value is -1.58. The van der Waals surface area contributed by atoms with Crippen molar-refractivity contribution in [2.24, 2.45) is 5.92 Å². The van der Waals surface area contributed by atoms with Gasteiger partial charge in [-0.1, -0.05) is 6.92 Å². The minimum absolute atomic E-state index is 0.00458. The fourth-order valence-corrected chi connectivity index (χ4v) is 1.87. The zero-order valence-electron chi connectivity index (χ0n) is 8.81. The van der Waals surface area contributed by atoms with Crippen molar-refractivity contribution < 1.29 is 4.79 Å². The number of carbonyl (C=O) groups is 1. The molecular formula is C11H15N3O. The van der Waals surface area contributed by atoms with Crippen LogP contribution >= 0.6 is 0 Å². The summed E-state index contributed by atoms with van der Waals surface area (Å²) < 4.78 is 0. The van der Waals surface area contributed by atoms with E-state index in [0.29, 0.717) is 17.2 Å². The summed E-state index contributed by atoms with van der Waals surface area (Å²) in [4.78, 5) is 17.8. The van der Waals surface area contributed by atoms with E-state index in [1.54, 1.807) is 18.5 Å². The first-order valence-corrected chi connectivity index (χ1v) is 5.17. The molecule has 0 radical (unpaired) electrons. The van der Waals surface area contributed by atoms with Crippen LogP contribution in [0.15, 0.2) is 18.5 Å². The first-order valence-electron chi connectivity index (χ1n) is 5.17. The highest BCUT2D eigenvalue weighted by molar-refractivity contribution is 5.98. The second kappa shape index (κ2) is 3.88. The molecule has 15 heavy (non-hydrogen) atoms. The Morgan fingerprint density at radius 2 is 2.47 bits per heavy atom. The van der Waals surface area contributed by atoms with E-state index in [4.69, 9.17) is 5.73 Å². The third kappa shape index (κ3) is 1.93. The SMILES string of the molecule is CC1CCN(C(=O)c2cnccc2N)C1. The van der Waals surface area contributed by atoms with E-state index in [9.17, 15) is 4.79 Å². The number of rotatable bonds is 1. The lowest BCUT2D eigenvalue weighted by Crippen LogP contribution is -2.29. The summed E-state index contributed by atoms with van der Waals surface area (Å²) in [5.41, 5.74) is 6.77. The Morgan fingerprint density at radius 3 is 3.07 bits per heavy atom. The smallest absolute Gasteiger partial charge is 0.257 e. The summed E-state index contributed by atoms with van der Waals surface area (Å²) in [7, 11) is 0. The first-order chi connectivity index (χ1) is 7.18. The number of amides is 1. The number of pyridine rings is 1. The van der Waals surface area contributed by atoms with E-state index in [1.807, 2.05) is 4.90 Å². The van der Waals surface area contributed by atoms with Gasteiger partial charge in [-0.25, -0.2) is 0 Å². The summed E-state index contributed by atoms with van der Waals surface area (Å²) in [6.07, 6.45) is 4.21. The number of hydrogen-bond acceptors (Lipinski definition) is 3. The van der Waals surface area contributed by atoms with Crippen LogP contribution in [0.5, 0.6) is 0 Å². The average Bonchev–Trinajstić information content (AvgIpc) is 2.65. The largest absolute Gasteiger partial charge is 0.398 e. The lowest BCUT2D eigenvalue weighted by Gasteiger charge is -2.16. The van der Waals surface area contributed by atoms with Crippen molar-refractivity contribution in [1.82, 2.24) is 9.88 Å². The molecule has 2 heterocycles. The van der Waals surface area contributed by atoms with Crippen LogP contribution in [-0.4, -0.2) is 28.9 Å². The van der Waals surface area contributed by atoms with E-state index >= 15 is 0 Å². The van der Waals surface area contributed by atoms with E-state index in [-0.39, 0.29) is 5.91 Å². The van der Waals surface area contributed by atoms with Crippen LogP contribution in [-0.2, 0) is 0 Å². The topological polar surface area (TPSA) is 59.2 Å². The lowest BCUT2D eigenvalue weighted by molar-refractivity contribution is 0.0788. The fraction of sp³-hybridized carbons (Fsp3) is 0.455. The summed E-state index contributed by atoms with van der Waals surface area (Å²) >= 11 is 0. The van der Waals surface area contributed by atoms with Crippen LogP contribution in [0.25, 0.3) is 0 Å². The van der Waals surface area contributed by atoms with Crippen LogP contribution in [0.2, 0.25) is 0 Å². The van der Waals surface area contributed by atoms with E-state index < -0.39 is 0 Å². The zero-order chi connectivity index (χ0) is 10.8. The minimum atomic E-state index is 0.00458. The van der Waals surface area contributed by atoms with Crippen molar-refractivity contribution in [2.45, 2.75) is 13.3 Å². The normalized spacial score (nSPS) is 20.6. The molecule has 0 aliphatic carbocycles. The van der Waals surface area contributed by atoms with Crippen molar-refractivity contribution in [1.29, 1.82) is 0 Å². The molecule has 1 aromatic rings. The predicted octanol–water partition coefficient (Wildman–Crippen LogP) is 1.15. The number of anilines is 1. The highest BCUT2D eigenvalue weighted by Gasteiger charge is 2.25. The molecule has 0 saturated carbocycles. The van der Waals surface area contributed by atoms with Gasteiger partial charge in [0.15, 0.2) is 0 Å². The van der Waals surface area contributed by atoms with Crippen LogP contribution in [0.4, 0.5) is 5.69 Å². The number of carbonyl (C=O) groups excluding carboxylic acids is 1. The molecule has 1 atom stereocenters. The van der Waals surface area contributed by atoms with Crippen LogP contribution < -0.4 is 5.73 Å². The van der Waals surface area contributed by atoms with Crippen LogP contribution in [0, 0.1) is 5.92 Å². The molecule has 1 aromatic heterocycles. The molecule has 80 valence electrons. The maximum atomic E-state index is 12.0. The van der Waals surface area contributed by atoms with Gasteiger partial charge in [-0.3, -0.25) is 9.78 Å². The van der Waals surface area contributed by atoms with Crippen LogP contribution in [0.1, 0.15) is 23.7 Å². The second-order valence-electron chi connectivity index (χ2n) is 4.11. The molecule has 4 nitrogen and oxygen atoms in total. The third-order valence-corrected chi connectivity index (χ3v) is 2.80. The van der Waals surface area contributed by atoms with Gasteiger partial charge in [-0.2, -0.15) is 0 Å². The summed E-state index contributed by atoms with van der Waals surface area (Å²) in [6, 6.07) is 1.66.